The highest BCUT2D eigenvalue weighted by molar-refractivity contribution is 5.77. The van der Waals surface area contributed by atoms with Gasteiger partial charge in [0.1, 0.15) is 0 Å². The van der Waals surface area contributed by atoms with Gasteiger partial charge in [0.25, 0.3) is 0 Å². The highest BCUT2D eigenvalue weighted by Crippen LogP contribution is 2.08. The molecule has 1 aromatic rings. The SMILES string of the molecule is Cc1cnc(NCC(C)(O)C(=O)O)nc1C. The van der Waals surface area contributed by atoms with Crippen LogP contribution in [0.4, 0.5) is 5.95 Å². The van der Waals surface area contributed by atoms with Gasteiger partial charge >= 0.3 is 5.97 Å². The molecule has 88 valence electrons. The lowest BCUT2D eigenvalue weighted by molar-refractivity contribution is -0.155. The predicted molar refractivity (Wildman–Crippen MR) is 58.3 cm³/mol. The van der Waals surface area contributed by atoms with Crippen molar-refractivity contribution in [3.63, 3.8) is 0 Å². The Balaban J connectivity index is 2.68. The summed E-state index contributed by atoms with van der Waals surface area (Å²) in [6, 6.07) is 0. The van der Waals surface area contributed by atoms with E-state index in [1.165, 1.54) is 6.92 Å². The molecule has 1 unspecified atom stereocenters. The Morgan fingerprint density at radius 2 is 2.19 bits per heavy atom. The summed E-state index contributed by atoms with van der Waals surface area (Å²) < 4.78 is 0. The van der Waals surface area contributed by atoms with Crippen molar-refractivity contribution in [1.82, 2.24) is 9.97 Å². The first kappa shape index (κ1) is 12.4. The van der Waals surface area contributed by atoms with Crippen molar-refractivity contribution in [2.75, 3.05) is 11.9 Å². The number of carboxylic acids is 1. The maximum Gasteiger partial charge on any atom is 0.337 e. The number of nitrogens with one attached hydrogen (secondary N) is 1. The fourth-order valence-corrected chi connectivity index (χ4v) is 0.939. The molecule has 0 fully saturated rings. The summed E-state index contributed by atoms with van der Waals surface area (Å²) in [7, 11) is 0. The molecule has 0 aliphatic heterocycles. The van der Waals surface area contributed by atoms with Crippen LogP contribution < -0.4 is 5.32 Å². The number of carboxylic acid groups (broad SMARTS) is 1. The molecule has 0 aliphatic carbocycles. The molecule has 3 N–H and O–H groups in total. The second-order valence-electron chi connectivity index (χ2n) is 3.89. The Bertz CT molecular complexity index is 404. The lowest BCUT2D eigenvalue weighted by Gasteiger charge is -2.18. The molecule has 0 aromatic carbocycles. The Hall–Kier alpha value is -1.69. The van der Waals surface area contributed by atoms with Crippen molar-refractivity contribution in [3.05, 3.63) is 17.5 Å². The van der Waals surface area contributed by atoms with Crippen LogP contribution >= 0.6 is 0 Å². The zero-order chi connectivity index (χ0) is 12.3. The van der Waals surface area contributed by atoms with Gasteiger partial charge < -0.3 is 15.5 Å². The van der Waals surface area contributed by atoms with Crippen molar-refractivity contribution in [1.29, 1.82) is 0 Å². The van der Waals surface area contributed by atoms with Gasteiger partial charge in [0, 0.05) is 11.9 Å². The van der Waals surface area contributed by atoms with Gasteiger partial charge in [-0.15, -0.1) is 0 Å². The van der Waals surface area contributed by atoms with E-state index in [0.29, 0.717) is 5.95 Å². The van der Waals surface area contributed by atoms with E-state index in [9.17, 15) is 9.90 Å². The molecule has 1 rings (SSSR count). The van der Waals surface area contributed by atoms with E-state index in [1.54, 1.807) is 6.20 Å². The van der Waals surface area contributed by atoms with Crippen LogP contribution in [0.25, 0.3) is 0 Å². The third-order valence-corrected chi connectivity index (χ3v) is 2.28. The molecule has 6 nitrogen and oxygen atoms in total. The number of hydrogen-bond donors (Lipinski definition) is 3. The lowest BCUT2D eigenvalue weighted by Crippen LogP contribution is -2.42. The molecule has 0 aliphatic rings. The minimum Gasteiger partial charge on any atom is -0.479 e. The van der Waals surface area contributed by atoms with Gasteiger partial charge in [0.15, 0.2) is 5.60 Å². The summed E-state index contributed by atoms with van der Waals surface area (Å²) in [4.78, 5) is 18.7. The van der Waals surface area contributed by atoms with Gasteiger partial charge in [-0.2, -0.15) is 0 Å². The molecule has 1 aromatic heterocycles. The minimum atomic E-state index is -1.83. The Labute approximate surface area is 93.4 Å². The number of carbonyl (C=O) groups is 1. The highest BCUT2D eigenvalue weighted by atomic mass is 16.4. The van der Waals surface area contributed by atoms with Crippen molar-refractivity contribution in [2.24, 2.45) is 0 Å². The lowest BCUT2D eigenvalue weighted by atomic mass is 10.1. The number of aliphatic hydroxyl groups is 1. The molecule has 16 heavy (non-hydrogen) atoms. The number of aromatic nitrogens is 2. The first-order valence-corrected chi connectivity index (χ1v) is 4.83. The molecular weight excluding hydrogens is 210 g/mol. The molecule has 1 heterocycles. The van der Waals surface area contributed by atoms with Gasteiger partial charge in [-0.1, -0.05) is 0 Å². The summed E-state index contributed by atoms with van der Waals surface area (Å²) in [5.74, 6) is -0.978. The van der Waals surface area contributed by atoms with Crippen molar-refractivity contribution in [2.45, 2.75) is 26.4 Å². The summed E-state index contributed by atoms with van der Waals surface area (Å²) in [5.41, 5.74) is -0.0645. The molecule has 6 heteroatoms. The van der Waals surface area contributed by atoms with Crippen LogP contribution in [0.15, 0.2) is 6.20 Å². The van der Waals surface area contributed by atoms with Crippen molar-refractivity contribution in [3.8, 4) is 0 Å². The highest BCUT2D eigenvalue weighted by Gasteiger charge is 2.29. The quantitative estimate of drug-likeness (QED) is 0.684. The summed E-state index contributed by atoms with van der Waals surface area (Å²) in [5, 5.41) is 20.8. The number of hydrogen-bond acceptors (Lipinski definition) is 5. The first-order valence-electron chi connectivity index (χ1n) is 4.83. The predicted octanol–water partition coefficient (Wildman–Crippen LogP) is 0.341. The topological polar surface area (TPSA) is 95.3 Å². The normalized spacial score (nSPS) is 14.2. The van der Waals surface area contributed by atoms with Gasteiger partial charge in [0.05, 0.1) is 6.54 Å². The van der Waals surface area contributed by atoms with Crippen LogP contribution in [-0.4, -0.2) is 38.3 Å². The fourth-order valence-electron chi connectivity index (χ4n) is 0.939. The fraction of sp³-hybridized carbons (Fsp3) is 0.500. The molecular formula is C10H15N3O3. The van der Waals surface area contributed by atoms with E-state index in [1.807, 2.05) is 13.8 Å². The Morgan fingerprint density at radius 3 is 2.69 bits per heavy atom. The standard InChI is InChI=1S/C10H15N3O3/c1-6-4-11-9(13-7(6)2)12-5-10(3,16)8(14)15/h4,16H,5H2,1-3H3,(H,14,15)(H,11,12,13). The van der Waals surface area contributed by atoms with Gasteiger partial charge in [-0.25, -0.2) is 14.8 Å². The van der Waals surface area contributed by atoms with Gasteiger partial charge in [-0.3, -0.25) is 0 Å². The van der Waals surface area contributed by atoms with E-state index in [0.717, 1.165) is 11.3 Å². The number of rotatable bonds is 4. The summed E-state index contributed by atoms with van der Waals surface area (Å²) in [6.45, 7) is 4.78. The third-order valence-electron chi connectivity index (χ3n) is 2.28. The maximum atomic E-state index is 10.6. The van der Waals surface area contributed by atoms with E-state index >= 15 is 0 Å². The number of aliphatic carboxylic acids is 1. The Kier molecular flexibility index (Phi) is 3.44. The summed E-state index contributed by atoms with van der Waals surface area (Å²) in [6.07, 6.45) is 1.64. The third kappa shape index (κ3) is 2.90. The largest absolute Gasteiger partial charge is 0.479 e. The average molecular weight is 225 g/mol. The second kappa shape index (κ2) is 4.44. The number of aryl methyl sites for hydroxylation is 2. The first-order chi connectivity index (χ1) is 7.33. The zero-order valence-electron chi connectivity index (χ0n) is 9.48. The van der Waals surface area contributed by atoms with Crippen LogP contribution in [0.3, 0.4) is 0 Å². The average Bonchev–Trinajstić information content (AvgIpc) is 2.20. The van der Waals surface area contributed by atoms with E-state index in [-0.39, 0.29) is 6.54 Å². The second-order valence-corrected chi connectivity index (χ2v) is 3.89. The molecule has 1 atom stereocenters. The molecule has 0 saturated carbocycles. The van der Waals surface area contributed by atoms with Crippen LogP contribution in [0.2, 0.25) is 0 Å². The van der Waals surface area contributed by atoms with E-state index < -0.39 is 11.6 Å². The molecule has 0 spiro atoms. The van der Waals surface area contributed by atoms with Crippen LogP contribution in [0, 0.1) is 13.8 Å². The molecule has 0 saturated heterocycles. The molecule has 0 amide bonds. The summed E-state index contributed by atoms with van der Waals surface area (Å²) >= 11 is 0. The number of nitrogens with zero attached hydrogens (tertiary/aromatic N) is 2. The Morgan fingerprint density at radius 1 is 1.56 bits per heavy atom. The van der Waals surface area contributed by atoms with Gasteiger partial charge in [-0.05, 0) is 26.3 Å². The van der Waals surface area contributed by atoms with Gasteiger partial charge in [0.2, 0.25) is 5.95 Å². The van der Waals surface area contributed by atoms with Crippen molar-refractivity contribution >= 4 is 11.9 Å². The number of anilines is 1. The monoisotopic (exact) mass is 225 g/mol. The van der Waals surface area contributed by atoms with E-state index in [4.69, 9.17) is 5.11 Å². The molecule has 0 radical (unpaired) electrons. The molecule has 0 bridgehead atoms. The van der Waals surface area contributed by atoms with Crippen LogP contribution in [0.5, 0.6) is 0 Å². The van der Waals surface area contributed by atoms with E-state index in [2.05, 4.69) is 15.3 Å². The van der Waals surface area contributed by atoms with Crippen molar-refractivity contribution < 1.29 is 15.0 Å². The zero-order valence-corrected chi connectivity index (χ0v) is 9.48. The maximum absolute atomic E-state index is 10.6. The smallest absolute Gasteiger partial charge is 0.337 e. The van der Waals surface area contributed by atoms with Crippen LogP contribution in [0.1, 0.15) is 18.2 Å². The minimum absolute atomic E-state index is 0.148. The van der Waals surface area contributed by atoms with Crippen LogP contribution in [-0.2, 0) is 4.79 Å².